The average Bonchev–Trinajstić information content (AvgIpc) is 3.08. The van der Waals surface area contributed by atoms with Gasteiger partial charge in [-0.15, -0.1) is 0 Å². The maximum atomic E-state index is 11.9. The zero-order valence-corrected chi connectivity index (χ0v) is 30.1. The molecule has 0 aliphatic heterocycles. The first-order valence-electron chi connectivity index (χ1n) is 16.2. The van der Waals surface area contributed by atoms with Gasteiger partial charge in [-0.1, -0.05) is 26.7 Å². The van der Waals surface area contributed by atoms with E-state index >= 15 is 0 Å². The summed E-state index contributed by atoms with van der Waals surface area (Å²) in [5.74, 6) is -1.68. The van der Waals surface area contributed by atoms with Gasteiger partial charge in [-0.3, -0.25) is 0 Å². The van der Waals surface area contributed by atoms with Crippen LogP contribution in [0.15, 0.2) is 36.5 Å². The molecule has 0 aliphatic rings. The maximum Gasteiger partial charge on any atom is 0.407 e. The predicted octanol–water partition coefficient (Wildman–Crippen LogP) is 1.97. The first-order chi connectivity index (χ1) is 24.2. The van der Waals surface area contributed by atoms with Crippen molar-refractivity contribution in [3.05, 3.63) is 36.5 Å². The molecular formula is C33H53N3O15. The SMILES string of the molecule is C=C(C)C(=O)OCCNC(=O)OCCOCC(CC)(COCCOC(=O)NCCOC(=O)C(=C)C)COCCOC(=O)NCCOC(=O)C(=C)C. The van der Waals surface area contributed by atoms with Crippen molar-refractivity contribution in [2.75, 3.05) is 98.9 Å². The number of ether oxygens (including phenoxy) is 9. The van der Waals surface area contributed by atoms with Gasteiger partial charge < -0.3 is 58.6 Å². The summed E-state index contributed by atoms with van der Waals surface area (Å²) >= 11 is 0. The van der Waals surface area contributed by atoms with E-state index in [4.69, 9.17) is 42.6 Å². The van der Waals surface area contributed by atoms with Gasteiger partial charge in [0.1, 0.15) is 39.6 Å². The van der Waals surface area contributed by atoms with Gasteiger partial charge in [-0.05, 0) is 27.2 Å². The van der Waals surface area contributed by atoms with Gasteiger partial charge in [0.2, 0.25) is 0 Å². The van der Waals surface area contributed by atoms with Crippen LogP contribution in [-0.4, -0.2) is 135 Å². The van der Waals surface area contributed by atoms with Gasteiger partial charge >= 0.3 is 36.2 Å². The summed E-state index contributed by atoms with van der Waals surface area (Å²) in [4.78, 5) is 69.7. The lowest BCUT2D eigenvalue weighted by Gasteiger charge is -2.32. The lowest BCUT2D eigenvalue weighted by molar-refractivity contribution is -0.139. The van der Waals surface area contributed by atoms with Gasteiger partial charge in [0.05, 0.1) is 59.3 Å². The fourth-order valence-electron chi connectivity index (χ4n) is 3.29. The van der Waals surface area contributed by atoms with Crippen molar-refractivity contribution in [2.24, 2.45) is 5.41 Å². The molecule has 290 valence electrons. The van der Waals surface area contributed by atoms with E-state index < -0.39 is 41.6 Å². The molecule has 51 heavy (non-hydrogen) atoms. The Morgan fingerprint density at radius 3 is 0.961 bits per heavy atom. The first-order valence-corrected chi connectivity index (χ1v) is 16.2. The van der Waals surface area contributed by atoms with E-state index in [9.17, 15) is 28.8 Å². The van der Waals surface area contributed by atoms with Crippen LogP contribution in [0.5, 0.6) is 0 Å². The normalized spacial score (nSPS) is 10.6. The summed E-state index contributed by atoms with van der Waals surface area (Å²) in [6.07, 6.45) is -1.61. The Hall–Kier alpha value is -4.68. The Labute approximate surface area is 298 Å². The second-order valence-electron chi connectivity index (χ2n) is 10.9. The summed E-state index contributed by atoms with van der Waals surface area (Å²) in [6.45, 7) is 17.2. The molecule has 0 saturated carbocycles. The fourth-order valence-corrected chi connectivity index (χ4v) is 3.29. The van der Waals surface area contributed by atoms with Crippen molar-refractivity contribution < 1.29 is 71.4 Å². The number of rotatable bonds is 28. The quantitative estimate of drug-likeness (QED) is 0.0453. The highest BCUT2D eigenvalue weighted by Gasteiger charge is 2.30. The predicted molar refractivity (Wildman–Crippen MR) is 181 cm³/mol. The molecule has 3 amide bonds. The van der Waals surface area contributed by atoms with Crippen LogP contribution in [0.25, 0.3) is 0 Å². The largest absolute Gasteiger partial charge is 0.460 e. The molecule has 3 N–H and O–H groups in total. The Balaban J connectivity index is 4.70. The molecule has 0 atom stereocenters. The average molecular weight is 732 g/mol. The first kappa shape index (κ1) is 46.3. The van der Waals surface area contributed by atoms with Crippen molar-refractivity contribution in [3.8, 4) is 0 Å². The van der Waals surface area contributed by atoms with Crippen LogP contribution < -0.4 is 16.0 Å². The summed E-state index contributed by atoms with van der Waals surface area (Å²) in [6, 6.07) is 0. The summed E-state index contributed by atoms with van der Waals surface area (Å²) in [7, 11) is 0. The number of alkyl carbamates (subject to hydrolysis) is 3. The lowest BCUT2D eigenvalue weighted by atomic mass is 9.88. The van der Waals surface area contributed by atoms with E-state index in [1.807, 2.05) is 6.92 Å². The number of esters is 3. The van der Waals surface area contributed by atoms with Crippen molar-refractivity contribution in [1.29, 1.82) is 0 Å². The van der Waals surface area contributed by atoms with Gasteiger partial charge in [-0.2, -0.15) is 0 Å². The maximum absolute atomic E-state index is 11.9. The Morgan fingerprint density at radius 1 is 0.451 bits per heavy atom. The number of carbonyl (C=O) groups excluding carboxylic acids is 6. The third kappa shape index (κ3) is 25.0. The Kier molecular flexibility index (Phi) is 25.5. The van der Waals surface area contributed by atoms with Gasteiger partial charge in [-0.25, -0.2) is 28.8 Å². The lowest BCUT2D eigenvalue weighted by Crippen LogP contribution is -2.38. The monoisotopic (exact) mass is 731 g/mol. The van der Waals surface area contributed by atoms with E-state index in [0.29, 0.717) is 6.42 Å². The van der Waals surface area contributed by atoms with Gasteiger partial charge in [0, 0.05) is 22.1 Å². The molecule has 0 spiro atoms. The third-order valence-electron chi connectivity index (χ3n) is 6.22. The van der Waals surface area contributed by atoms with E-state index in [-0.39, 0.29) is 116 Å². The van der Waals surface area contributed by atoms with E-state index in [0.717, 1.165) is 0 Å². The standard InChI is InChI=1S/C33H53N3O15/c1-8-33(21-43-15-18-49-30(40)34-9-12-46-27(37)24(2)3,22-44-16-19-50-31(41)35-10-13-47-28(38)25(4)5)23-45-17-20-51-32(42)36-11-14-48-29(39)26(6)7/h2,4,6,8-23H2,1,3,5,7H3,(H,34,40)(H,35,41)(H,36,42). The Morgan fingerprint density at radius 2 is 0.725 bits per heavy atom. The summed E-state index contributed by atoms with van der Waals surface area (Å²) < 4.78 is 47.2. The zero-order chi connectivity index (χ0) is 38.5. The highest BCUT2D eigenvalue weighted by atomic mass is 16.6. The number of hydrogen-bond donors (Lipinski definition) is 3. The van der Waals surface area contributed by atoms with Crippen LogP contribution in [0.2, 0.25) is 0 Å². The molecule has 0 bridgehead atoms. The smallest absolute Gasteiger partial charge is 0.407 e. The van der Waals surface area contributed by atoms with Crippen LogP contribution >= 0.6 is 0 Å². The number of amides is 3. The van der Waals surface area contributed by atoms with E-state index in [2.05, 4.69) is 35.7 Å². The molecule has 0 aromatic carbocycles. The topological polar surface area (TPSA) is 222 Å². The molecule has 18 nitrogen and oxygen atoms in total. The van der Waals surface area contributed by atoms with Gasteiger partial charge in [0.25, 0.3) is 0 Å². The molecule has 0 unspecified atom stereocenters. The fraction of sp³-hybridized carbons (Fsp3) is 0.636. The van der Waals surface area contributed by atoms with E-state index in [1.54, 1.807) is 0 Å². The number of nitrogens with one attached hydrogen (secondary N) is 3. The van der Waals surface area contributed by atoms with Crippen LogP contribution in [0.1, 0.15) is 34.1 Å². The number of hydrogen-bond acceptors (Lipinski definition) is 15. The Bertz CT molecular complexity index is 1020. The van der Waals surface area contributed by atoms with Crippen LogP contribution in [0, 0.1) is 5.41 Å². The van der Waals surface area contributed by atoms with Crippen molar-refractivity contribution in [1.82, 2.24) is 16.0 Å². The van der Waals surface area contributed by atoms with Crippen LogP contribution in [0.4, 0.5) is 14.4 Å². The molecule has 0 heterocycles. The molecule has 0 radical (unpaired) electrons. The highest BCUT2D eigenvalue weighted by Crippen LogP contribution is 2.24. The molecular weight excluding hydrogens is 678 g/mol. The van der Waals surface area contributed by atoms with Crippen molar-refractivity contribution in [2.45, 2.75) is 34.1 Å². The molecule has 18 heteroatoms. The minimum Gasteiger partial charge on any atom is -0.460 e. The molecule has 0 rings (SSSR count). The molecule has 0 aromatic heterocycles. The highest BCUT2D eigenvalue weighted by molar-refractivity contribution is 5.87. The minimum atomic E-state index is -0.716. The second kappa shape index (κ2) is 28.1. The number of carbonyl (C=O) groups is 6. The summed E-state index contributed by atoms with van der Waals surface area (Å²) in [5, 5.41) is 7.34. The van der Waals surface area contributed by atoms with Crippen LogP contribution in [0.3, 0.4) is 0 Å². The van der Waals surface area contributed by atoms with Crippen LogP contribution in [-0.2, 0) is 57.0 Å². The molecule has 0 aliphatic carbocycles. The van der Waals surface area contributed by atoms with Gasteiger partial charge in [0.15, 0.2) is 0 Å². The zero-order valence-electron chi connectivity index (χ0n) is 30.1. The third-order valence-corrected chi connectivity index (χ3v) is 6.22. The second-order valence-corrected chi connectivity index (χ2v) is 10.9. The van der Waals surface area contributed by atoms with Crippen molar-refractivity contribution >= 4 is 36.2 Å². The molecule has 0 aromatic rings. The molecule has 0 fully saturated rings. The molecule has 0 saturated heterocycles. The van der Waals surface area contributed by atoms with E-state index in [1.165, 1.54) is 20.8 Å². The minimum absolute atomic E-state index is 0.0400. The van der Waals surface area contributed by atoms with Crippen molar-refractivity contribution in [3.63, 3.8) is 0 Å². The summed E-state index contributed by atoms with van der Waals surface area (Å²) in [5.41, 5.74) is 0.0560.